The molecule has 0 aliphatic heterocycles. The fourth-order valence-electron chi connectivity index (χ4n) is 0.271. The van der Waals surface area contributed by atoms with E-state index >= 15 is 0 Å². The molecule has 5 nitrogen and oxygen atoms in total. The van der Waals surface area contributed by atoms with Crippen molar-refractivity contribution in [3.05, 3.63) is 0 Å². The van der Waals surface area contributed by atoms with Gasteiger partial charge in [-0.1, -0.05) is 34.8 Å². The fraction of sp³-hybridized carbons (Fsp3) is 0.818. The first-order valence-electron chi connectivity index (χ1n) is 5.67. The molecule has 0 atom stereocenters. The number of carbonyl (C=O) groups is 2. The average Bonchev–Trinajstić information content (AvgIpc) is 2.28. The summed E-state index contributed by atoms with van der Waals surface area (Å²) in [6.45, 7) is 6.07. The van der Waals surface area contributed by atoms with Crippen LogP contribution in [0.4, 0.5) is 13.2 Å². The van der Waals surface area contributed by atoms with E-state index in [2.05, 4.69) is 9.47 Å². The third-order valence-electron chi connectivity index (χ3n) is 0.762. The zero-order valence-corrected chi connectivity index (χ0v) is 14.8. The van der Waals surface area contributed by atoms with Crippen molar-refractivity contribution in [1.29, 1.82) is 0 Å². The van der Waals surface area contributed by atoms with Crippen molar-refractivity contribution in [2.75, 3.05) is 19.8 Å². The molecule has 0 aromatic rings. The highest BCUT2D eigenvalue weighted by Crippen LogP contribution is 2.23. The van der Waals surface area contributed by atoms with Crippen LogP contribution in [0.3, 0.4) is 0 Å². The van der Waals surface area contributed by atoms with Crippen LogP contribution in [-0.2, 0) is 19.1 Å². The lowest BCUT2D eigenvalue weighted by Gasteiger charge is -1.95. The van der Waals surface area contributed by atoms with E-state index in [4.69, 9.17) is 39.9 Å². The fourth-order valence-corrected chi connectivity index (χ4v) is 0.271. The Morgan fingerprint density at radius 3 is 1.50 bits per heavy atom. The Morgan fingerprint density at radius 2 is 1.50 bits per heavy atom. The minimum atomic E-state index is -4.40. The van der Waals surface area contributed by atoms with Crippen LogP contribution in [-0.4, -0.2) is 47.3 Å². The molecule has 0 fully saturated rings. The molecule has 0 saturated carbocycles. The van der Waals surface area contributed by atoms with Gasteiger partial charge < -0.3 is 14.6 Å². The van der Waals surface area contributed by atoms with E-state index in [-0.39, 0.29) is 5.97 Å². The molecule has 0 aliphatic rings. The van der Waals surface area contributed by atoms with Crippen LogP contribution >= 0.6 is 34.8 Å². The van der Waals surface area contributed by atoms with Gasteiger partial charge in [-0.2, -0.15) is 13.2 Å². The second-order valence-corrected chi connectivity index (χ2v) is 5.88. The van der Waals surface area contributed by atoms with Crippen LogP contribution in [0, 0.1) is 0 Å². The SMILES string of the molecule is CC(Cl)(Cl)Cl.CCOC(C)=O.CCOC=O.OCC(F)(F)F. The topological polar surface area (TPSA) is 72.8 Å². The molecule has 0 unspecified atom stereocenters. The number of aliphatic hydroxyl groups is 1. The molecule has 0 spiro atoms. The first kappa shape index (κ1) is 29.6. The van der Waals surface area contributed by atoms with Gasteiger partial charge in [0.2, 0.25) is 0 Å². The maximum Gasteiger partial charge on any atom is 0.411 e. The number of halogens is 6. The maximum atomic E-state index is 10.5. The molecular formula is C11H20Cl3F3O5. The second-order valence-electron chi connectivity index (χ2n) is 3.03. The van der Waals surface area contributed by atoms with E-state index in [0.29, 0.717) is 19.7 Å². The summed E-state index contributed by atoms with van der Waals surface area (Å²) in [6.07, 6.45) is -4.40. The number of hydrogen-bond acceptors (Lipinski definition) is 5. The average molecular weight is 396 g/mol. The third-order valence-corrected chi connectivity index (χ3v) is 0.762. The molecule has 0 heterocycles. The number of ether oxygens (including phenoxy) is 2. The second kappa shape index (κ2) is 18.6. The summed E-state index contributed by atoms with van der Waals surface area (Å²) in [5, 5.41) is 7.28. The van der Waals surface area contributed by atoms with Gasteiger partial charge in [0.25, 0.3) is 6.47 Å². The van der Waals surface area contributed by atoms with Crippen molar-refractivity contribution >= 4 is 47.2 Å². The van der Waals surface area contributed by atoms with E-state index in [1.165, 1.54) is 13.8 Å². The monoisotopic (exact) mass is 394 g/mol. The number of aliphatic hydroxyl groups excluding tert-OH is 1. The van der Waals surface area contributed by atoms with Crippen molar-refractivity contribution in [3.63, 3.8) is 0 Å². The number of esters is 1. The Labute approximate surface area is 142 Å². The highest BCUT2D eigenvalue weighted by atomic mass is 35.6. The third kappa shape index (κ3) is 118. The van der Waals surface area contributed by atoms with Gasteiger partial charge in [0.1, 0.15) is 6.61 Å². The zero-order valence-electron chi connectivity index (χ0n) is 12.5. The first-order chi connectivity index (χ1) is 9.74. The van der Waals surface area contributed by atoms with Crippen molar-refractivity contribution in [3.8, 4) is 0 Å². The molecule has 11 heteroatoms. The molecule has 22 heavy (non-hydrogen) atoms. The van der Waals surface area contributed by atoms with Crippen LogP contribution in [0.15, 0.2) is 0 Å². The molecule has 0 aliphatic carbocycles. The van der Waals surface area contributed by atoms with Crippen molar-refractivity contribution in [1.82, 2.24) is 0 Å². The lowest BCUT2D eigenvalue weighted by atomic mass is 10.7. The molecule has 0 aromatic heterocycles. The number of carbonyl (C=O) groups excluding carboxylic acids is 2. The van der Waals surface area contributed by atoms with E-state index in [1.54, 1.807) is 13.8 Å². The van der Waals surface area contributed by atoms with E-state index < -0.39 is 16.6 Å². The largest absolute Gasteiger partial charge is 0.468 e. The maximum absolute atomic E-state index is 10.5. The van der Waals surface area contributed by atoms with Gasteiger partial charge in [0.15, 0.2) is 3.79 Å². The van der Waals surface area contributed by atoms with Crippen molar-refractivity contribution in [2.24, 2.45) is 0 Å². The zero-order chi connectivity index (χ0) is 18.8. The molecule has 0 radical (unpaired) electrons. The van der Waals surface area contributed by atoms with Crippen LogP contribution in [0.1, 0.15) is 27.7 Å². The van der Waals surface area contributed by atoms with Crippen LogP contribution < -0.4 is 0 Å². The predicted octanol–water partition coefficient (Wildman–Crippen LogP) is 3.67. The summed E-state index contributed by atoms with van der Waals surface area (Å²) in [6, 6.07) is 0. The van der Waals surface area contributed by atoms with Gasteiger partial charge >= 0.3 is 12.1 Å². The Bertz CT molecular complexity index is 252. The van der Waals surface area contributed by atoms with Gasteiger partial charge in [-0.15, -0.1) is 0 Å². The van der Waals surface area contributed by atoms with Crippen LogP contribution in [0.5, 0.6) is 0 Å². The molecule has 0 aromatic carbocycles. The van der Waals surface area contributed by atoms with Crippen molar-refractivity contribution < 1.29 is 37.3 Å². The van der Waals surface area contributed by atoms with Crippen molar-refractivity contribution in [2.45, 2.75) is 37.7 Å². The number of hydrogen-bond donors (Lipinski definition) is 1. The molecule has 0 rings (SSSR count). The molecule has 136 valence electrons. The predicted molar refractivity (Wildman–Crippen MR) is 79.1 cm³/mol. The normalized spacial score (nSPS) is 9.59. The van der Waals surface area contributed by atoms with Gasteiger partial charge in [-0.3, -0.25) is 9.59 Å². The summed E-state index contributed by atoms with van der Waals surface area (Å²) in [5.74, 6) is -0.211. The van der Waals surface area contributed by atoms with E-state index in [9.17, 15) is 22.8 Å². The quantitative estimate of drug-likeness (QED) is 0.448. The Hall–Kier alpha value is -0.440. The molecular weight excluding hydrogens is 375 g/mol. The number of rotatable bonds is 3. The standard InChI is InChI=1S/C4H8O2.C3H6O2.C2H3Cl3.C2H3F3O/c1-3-6-4(2)5;1-2-5-3-4;1-2(3,4)5;3-2(4,5)1-6/h3H2,1-2H3;3H,2H2,1H3;1H3;6H,1H2. The van der Waals surface area contributed by atoms with E-state index in [0.717, 1.165) is 0 Å². The Morgan fingerprint density at radius 1 is 1.18 bits per heavy atom. The molecule has 0 amide bonds. The first-order valence-corrected chi connectivity index (χ1v) is 6.81. The molecule has 0 bridgehead atoms. The van der Waals surface area contributed by atoms with Crippen LogP contribution in [0.2, 0.25) is 0 Å². The summed E-state index contributed by atoms with van der Waals surface area (Å²) >= 11 is 15.2. The minimum Gasteiger partial charge on any atom is -0.468 e. The van der Waals surface area contributed by atoms with Gasteiger partial charge in [0, 0.05) is 6.92 Å². The Kier molecular flexibility index (Phi) is 25.0. The number of alkyl halides is 6. The van der Waals surface area contributed by atoms with Gasteiger partial charge in [-0.05, 0) is 20.8 Å². The smallest absolute Gasteiger partial charge is 0.411 e. The minimum absolute atomic E-state index is 0.211. The summed E-state index contributed by atoms with van der Waals surface area (Å²) < 4.78 is 39.1. The lowest BCUT2D eigenvalue weighted by Crippen LogP contribution is -2.12. The van der Waals surface area contributed by atoms with E-state index in [1.807, 2.05) is 0 Å². The lowest BCUT2D eigenvalue weighted by molar-refractivity contribution is -0.159. The van der Waals surface area contributed by atoms with Gasteiger partial charge in [0.05, 0.1) is 13.2 Å². The summed E-state index contributed by atoms with van der Waals surface area (Å²) in [5.41, 5.74) is 0. The Balaban J connectivity index is -0.0000000986. The summed E-state index contributed by atoms with van der Waals surface area (Å²) in [4.78, 5) is 19.0. The highest BCUT2D eigenvalue weighted by molar-refractivity contribution is 6.67. The summed E-state index contributed by atoms with van der Waals surface area (Å²) in [7, 11) is 0. The van der Waals surface area contributed by atoms with Gasteiger partial charge in [-0.25, -0.2) is 0 Å². The van der Waals surface area contributed by atoms with Crippen LogP contribution in [0.25, 0.3) is 0 Å². The molecule has 1 N–H and O–H groups in total. The highest BCUT2D eigenvalue weighted by Gasteiger charge is 2.24. The molecule has 0 saturated heterocycles.